The van der Waals surface area contributed by atoms with E-state index in [4.69, 9.17) is 4.74 Å². The molecule has 0 saturated heterocycles. The van der Waals surface area contributed by atoms with E-state index >= 15 is 0 Å². The summed E-state index contributed by atoms with van der Waals surface area (Å²) in [7, 11) is 0. The molecule has 2 nitrogen and oxygen atoms in total. The molecule has 0 radical (unpaired) electrons. The maximum atomic E-state index is 6.97. The van der Waals surface area contributed by atoms with Crippen LogP contribution in [0.1, 0.15) is 22.3 Å². The zero-order chi connectivity index (χ0) is 34.7. The maximum Gasteiger partial charge on any atom is 0.133 e. The fourth-order valence-corrected chi connectivity index (χ4v) is 9.68. The van der Waals surface area contributed by atoms with E-state index in [1.807, 2.05) is 0 Å². The Balaban J connectivity index is 1.18. The highest BCUT2D eigenvalue weighted by atomic mass is 16.5. The van der Waals surface area contributed by atoms with Gasteiger partial charge in [0, 0.05) is 27.6 Å². The van der Waals surface area contributed by atoms with Crippen LogP contribution in [0.25, 0.3) is 71.3 Å². The van der Waals surface area contributed by atoms with E-state index in [0.717, 1.165) is 22.7 Å². The minimum atomic E-state index is -0.535. The summed E-state index contributed by atoms with van der Waals surface area (Å²) >= 11 is 0. The van der Waals surface area contributed by atoms with E-state index in [-0.39, 0.29) is 0 Å². The summed E-state index contributed by atoms with van der Waals surface area (Å²) in [6.07, 6.45) is 0. The molecule has 2 heterocycles. The van der Waals surface area contributed by atoms with Gasteiger partial charge in [-0.2, -0.15) is 0 Å². The highest BCUT2D eigenvalue weighted by Gasteiger charge is 2.51. The minimum Gasteiger partial charge on any atom is -0.457 e. The minimum absolute atomic E-state index is 0.535. The standard InChI is InChI=1S/C51H31NO/c1-3-15-36-32(12-1)14-11-19-37(36)34-24-27-35(28-25-34)52-46-29-26-33-13-2-4-16-38(33)50(46)41-30-49-45(31-47(41)52)51(44-22-9-10-23-48(44)53-49)42-20-7-5-17-39(42)40-18-6-8-21-43(40)51/h1-31H. The van der Waals surface area contributed by atoms with Crippen LogP contribution in [0.2, 0.25) is 0 Å². The van der Waals surface area contributed by atoms with E-state index in [0.29, 0.717) is 0 Å². The molecule has 12 rings (SSSR count). The third kappa shape index (κ3) is 3.77. The smallest absolute Gasteiger partial charge is 0.133 e. The van der Waals surface area contributed by atoms with E-state index in [1.54, 1.807) is 0 Å². The van der Waals surface area contributed by atoms with Crippen molar-refractivity contribution < 1.29 is 4.74 Å². The molecular weight excluding hydrogens is 643 g/mol. The number of benzene rings is 9. The third-order valence-corrected chi connectivity index (χ3v) is 11.8. The second-order valence-electron chi connectivity index (χ2n) is 14.4. The lowest BCUT2D eigenvalue weighted by molar-refractivity contribution is 0.437. The fourth-order valence-electron chi connectivity index (χ4n) is 9.68. The Labute approximate surface area is 306 Å². The third-order valence-electron chi connectivity index (χ3n) is 11.8. The van der Waals surface area contributed by atoms with Gasteiger partial charge < -0.3 is 9.30 Å². The summed E-state index contributed by atoms with van der Waals surface area (Å²) < 4.78 is 9.43. The predicted octanol–water partition coefficient (Wildman–Crippen LogP) is 13.2. The Morgan fingerprint density at radius 1 is 0.377 bits per heavy atom. The lowest BCUT2D eigenvalue weighted by Crippen LogP contribution is -2.32. The van der Waals surface area contributed by atoms with Gasteiger partial charge in [-0.15, -0.1) is 0 Å². The molecule has 0 fully saturated rings. The summed E-state index contributed by atoms with van der Waals surface area (Å²) in [5, 5.41) is 7.40. The first kappa shape index (κ1) is 28.8. The molecule has 9 aromatic carbocycles. The first-order valence-corrected chi connectivity index (χ1v) is 18.3. The average Bonchev–Trinajstić information content (AvgIpc) is 3.71. The molecule has 1 spiro atoms. The van der Waals surface area contributed by atoms with Gasteiger partial charge >= 0.3 is 0 Å². The van der Waals surface area contributed by atoms with Crippen molar-refractivity contribution in [1.82, 2.24) is 4.57 Å². The lowest BCUT2D eigenvalue weighted by Gasteiger charge is -2.39. The van der Waals surface area contributed by atoms with Crippen molar-refractivity contribution in [2.45, 2.75) is 5.41 Å². The molecule has 246 valence electrons. The van der Waals surface area contributed by atoms with Gasteiger partial charge in [0.05, 0.1) is 16.4 Å². The van der Waals surface area contributed by atoms with Crippen molar-refractivity contribution in [2.75, 3.05) is 0 Å². The number of aromatic nitrogens is 1. The van der Waals surface area contributed by atoms with Gasteiger partial charge in [-0.25, -0.2) is 0 Å². The molecule has 0 amide bonds. The van der Waals surface area contributed by atoms with Crippen molar-refractivity contribution in [3.8, 4) is 39.4 Å². The summed E-state index contributed by atoms with van der Waals surface area (Å²) in [5.41, 5.74) is 12.9. The number of para-hydroxylation sites is 1. The lowest BCUT2D eigenvalue weighted by atomic mass is 9.66. The molecular formula is C51H31NO. The number of nitrogens with zero attached hydrogens (tertiary/aromatic N) is 1. The Hall–Kier alpha value is -6.90. The van der Waals surface area contributed by atoms with Gasteiger partial charge in [-0.05, 0) is 91.3 Å². The first-order valence-electron chi connectivity index (χ1n) is 18.3. The zero-order valence-corrected chi connectivity index (χ0v) is 28.8. The molecule has 0 saturated carbocycles. The van der Waals surface area contributed by atoms with Crippen molar-refractivity contribution in [3.05, 3.63) is 210 Å². The first-order chi connectivity index (χ1) is 26.3. The maximum absolute atomic E-state index is 6.97. The van der Waals surface area contributed by atoms with Crippen LogP contribution in [-0.2, 0) is 5.41 Å². The highest BCUT2D eigenvalue weighted by Crippen LogP contribution is 2.62. The number of hydrogen-bond acceptors (Lipinski definition) is 1. The Bertz CT molecular complexity index is 3100. The second kappa shape index (κ2) is 10.6. The van der Waals surface area contributed by atoms with E-state index < -0.39 is 5.41 Å². The molecule has 0 N–H and O–H groups in total. The Morgan fingerprint density at radius 3 is 1.75 bits per heavy atom. The normalized spacial score (nSPS) is 13.6. The largest absolute Gasteiger partial charge is 0.457 e. The van der Waals surface area contributed by atoms with Gasteiger partial charge in [0.1, 0.15) is 11.5 Å². The van der Waals surface area contributed by atoms with Gasteiger partial charge in [0.15, 0.2) is 0 Å². The van der Waals surface area contributed by atoms with Crippen molar-refractivity contribution >= 4 is 43.4 Å². The SMILES string of the molecule is c1ccc2c(c1)Oc1cc3c4c5ccccc5ccc4n(-c4ccc(-c5cccc6ccccc56)cc4)c3cc1C21c2ccccc2-c2ccccc21. The molecule has 2 aliphatic rings. The van der Waals surface area contributed by atoms with Gasteiger partial charge in [0.25, 0.3) is 0 Å². The van der Waals surface area contributed by atoms with E-state index in [9.17, 15) is 0 Å². The fraction of sp³-hybridized carbons (Fsp3) is 0.0196. The van der Waals surface area contributed by atoms with Crippen LogP contribution in [0.4, 0.5) is 0 Å². The van der Waals surface area contributed by atoms with Crippen LogP contribution in [0.5, 0.6) is 11.5 Å². The van der Waals surface area contributed by atoms with Gasteiger partial charge in [-0.3, -0.25) is 0 Å². The summed E-state index contributed by atoms with van der Waals surface area (Å²) in [6, 6.07) is 68.9. The number of hydrogen-bond donors (Lipinski definition) is 0. The number of rotatable bonds is 2. The predicted molar refractivity (Wildman–Crippen MR) is 219 cm³/mol. The monoisotopic (exact) mass is 673 g/mol. The van der Waals surface area contributed by atoms with Crippen LogP contribution < -0.4 is 4.74 Å². The highest BCUT2D eigenvalue weighted by molar-refractivity contribution is 6.22. The van der Waals surface area contributed by atoms with Crippen LogP contribution in [-0.4, -0.2) is 4.57 Å². The molecule has 1 aliphatic heterocycles. The molecule has 2 heteroatoms. The molecule has 0 atom stereocenters. The molecule has 0 unspecified atom stereocenters. The summed E-state index contributed by atoms with van der Waals surface area (Å²) in [5.74, 6) is 1.81. The van der Waals surface area contributed by atoms with E-state index in [1.165, 1.54) is 82.3 Å². The van der Waals surface area contributed by atoms with E-state index in [2.05, 4.69) is 193 Å². The van der Waals surface area contributed by atoms with Crippen molar-refractivity contribution in [2.24, 2.45) is 0 Å². The van der Waals surface area contributed by atoms with Gasteiger partial charge in [-0.1, -0.05) is 152 Å². The van der Waals surface area contributed by atoms with Crippen LogP contribution in [0.3, 0.4) is 0 Å². The summed E-state index contributed by atoms with van der Waals surface area (Å²) in [4.78, 5) is 0. The number of fused-ring (bicyclic) bond motifs is 15. The van der Waals surface area contributed by atoms with Crippen LogP contribution in [0, 0.1) is 0 Å². The molecule has 53 heavy (non-hydrogen) atoms. The zero-order valence-electron chi connectivity index (χ0n) is 28.8. The molecule has 1 aromatic heterocycles. The topological polar surface area (TPSA) is 14.2 Å². The molecule has 10 aromatic rings. The molecule has 1 aliphatic carbocycles. The summed E-state index contributed by atoms with van der Waals surface area (Å²) in [6.45, 7) is 0. The van der Waals surface area contributed by atoms with Crippen LogP contribution in [0.15, 0.2) is 188 Å². The Morgan fingerprint density at radius 2 is 0.981 bits per heavy atom. The number of ether oxygens (including phenoxy) is 1. The average molecular weight is 674 g/mol. The van der Waals surface area contributed by atoms with Crippen molar-refractivity contribution in [3.63, 3.8) is 0 Å². The Kier molecular flexibility index (Phi) is 5.73. The van der Waals surface area contributed by atoms with Crippen LogP contribution >= 0.6 is 0 Å². The molecule has 0 bridgehead atoms. The van der Waals surface area contributed by atoms with Gasteiger partial charge in [0.2, 0.25) is 0 Å². The van der Waals surface area contributed by atoms with Crippen molar-refractivity contribution in [1.29, 1.82) is 0 Å². The second-order valence-corrected chi connectivity index (χ2v) is 14.4. The quantitative estimate of drug-likeness (QED) is 0.178.